The zero-order chi connectivity index (χ0) is 14.0. The van der Waals surface area contributed by atoms with Crippen LogP contribution in [0.2, 0.25) is 5.02 Å². The zero-order valence-corrected chi connectivity index (χ0v) is 13.2. The van der Waals surface area contributed by atoms with E-state index >= 15 is 0 Å². The Morgan fingerprint density at radius 2 is 1.95 bits per heavy atom. The molecule has 2 nitrogen and oxygen atoms in total. The van der Waals surface area contributed by atoms with E-state index in [1.165, 1.54) is 15.3 Å². The molecule has 0 saturated carbocycles. The summed E-state index contributed by atoms with van der Waals surface area (Å²) in [4.78, 5) is 2.65. The third kappa shape index (κ3) is 2.94. The molecule has 0 amide bonds. The second-order valence-electron chi connectivity index (χ2n) is 4.48. The van der Waals surface area contributed by atoms with E-state index in [1.54, 1.807) is 7.11 Å². The Kier molecular flexibility index (Phi) is 4.50. The van der Waals surface area contributed by atoms with Crippen LogP contribution in [-0.2, 0) is 0 Å². The molecule has 0 spiro atoms. The van der Waals surface area contributed by atoms with E-state index in [9.17, 15) is 0 Å². The minimum absolute atomic E-state index is 0.122. The smallest absolute Gasteiger partial charge is 0.125 e. The number of rotatable bonds is 4. The SMILES string of the molecule is CNC(c1ccc(Cl)cc1OC)c1cc(C)sc1C. The first-order valence-electron chi connectivity index (χ1n) is 6.14. The molecule has 1 heterocycles. The van der Waals surface area contributed by atoms with Crippen molar-refractivity contribution >= 4 is 22.9 Å². The largest absolute Gasteiger partial charge is 0.496 e. The highest BCUT2D eigenvalue weighted by atomic mass is 35.5. The minimum Gasteiger partial charge on any atom is -0.496 e. The molecule has 1 aromatic heterocycles. The first kappa shape index (κ1) is 14.4. The minimum atomic E-state index is 0.122. The van der Waals surface area contributed by atoms with E-state index in [0.29, 0.717) is 5.02 Å². The fraction of sp³-hybridized carbons (Fsp3) is 0.333. The summed E-state index contributed by atoms with van der Waals surface area (Å²) in [6.45, 7) is 4.28. The van der Waals surface area contributed by atoms with E-state index in [-0.39, 0.29) is 6.04 Å². The predicted octanol–water partition coefficient (Wildman–Crippen LogP) is 4.34. The maximum Gasteiger partial charge on any atom is 0.125 e. The third-order valence-electron chi connectivity index (χ3n) is 3.19. The first-order valence-corrected chi connectivity index (χ1v) is 7.34. The highest BCUT2D eigenvalue weighted by Gasteiger charge is 2.20. The highest BCUT2D eigenvalue weighted by Crippen LogP contribution is 2.35. The van der Waals surface area contributed by atoms with Crippen molar-refractivity contribution in [1.29, 1.82) is 0 Å². The number of methoxy groups -OCH3 is 1. The molecular formula is C15H18ClNOS. The van der Waals surface area contributed by atoms with Crippen LogP contribution in [0.15, 0.2) is 24.3 Å². The van der Waals surface area contributed by atoms with Crippen molar-refractivity contribution in [2.75, 3.05) is 14.2 Å². The molecule has 1 N–H and O–H groups in total. The quantitative estimate of drug-likeness (QED) is 0.906. The Morgan fingerprint density at radius 1 is 1.21 bits per heavy atom. The predicted molar refractivity (Wildman–Crippen MR) is 82.7 cm³/mol. The van der Waals surface area contributed by atoms with Gasteiger partial charge in [0.15, 0.2) is 0 Å². The van der Waals surface area contributed by atoms with Crippen LogP contribution in [0.4, 0.5) is 0 Å². The Morgan fingerprint density at radius 3 is 2.47 bits per heavy atom. The summed E-state index contributed by atoms with van der Waals surface area (Å²) < 4.78 is 5.46. The van der Waals surface area contributed by atoms with E-state index in [1.807, 2.05) is 36.6 Å². The standard InChI is InChI=1S/C15H18ClNOS/c1-9-7-13(10(2)19-9)15(17-3)12-6-5-11(16)8-14(12)18-4/h5-8,15,17H,1-4H3. The molecule has 1 aromatic carbocycles. The number of thiophene rings is 1. The number of hydrogen-bond acceptors (Lipinski definition) is 3. The van der Waals surface area contributed by atoms with Gasteiger partial charge in [-0.3, -0.25) is 0 Å². The van der Waals surface area contributed by atoms with Crippen molar-refractivity contribution in [3.8, 4) is 5.75 Å². The fourth-order valence-corrected chi connectivity index (χ4v) is 3.46. The van der Waals surface area contributed by atoms with Crippen molar-refractivity contribution in [3.05, 3.63) is 50.2 Å². The van der Waals surface area contributed by atoms with E-state index < -0.39 is 0 Å². The molecule has 0 radical (unpaired) electrons. The lowest BCUT2D eigenvalue weighted by Crippen LogP contribution is -2.18. The number of benzene rings is 1. The normalized spacial score (nSPS) is 12.5. The average Bonchev–Trinajstić information content (AvgIpc) is 2.71. The topological polar surface area (TPSA) is 21.3 Å². The molecule has 0 aliphatic carbocycles. The summed E-state index contributed by atoms with van der Waals surface area (Å²) in [5.41, 5.74) is 2.40. The highest BCUT2D eigenvalue weighted by molar-refractivity contribution is 7.12. The second kappa shape index (κ2) is 5.95. The van der Waals surface area contributed by atoms with Gasteiger partial charge in [0.05, 0.1) is 13.2 Å². The zero-order valence-electron chi connectivity index (χ0n) is 11.6. The van der Waals surface area contributed by atoms with Gasteiger partial charge in [-0.25, -0.2) is 0 Å². The van der Waals surface area contributed by atoms with Gasteiger partial charge in [-0.15, -0.1) is 11.3 Å². The number of ether oxygens (including phenoxy) is 1. The van der Waals surface area contributed by atoms with Gasteiger partial charge in [0.1, 0.15) is 5.75 Å². The third-order valence-corrected chi connectivity index (χ3v) is 4.40. The molecule has 1 atom stereocenters. The van der Waals surface area contributed by atoms with Crippen molar-refractivity contribution in [2.45, 2.75) is 19.9 Å². The number of aryl methyl sites for hydroxylation is 2. The monoisotopic (exact) mass is 295 g/mol. The first-order chi connectivity index (χ1) is 9.06. The summed E-state index contributed by atoms with van der Waals surface area (Å²) in [6.07, 6.45) is 0. The summed E-state index contributed by atoms with van der Waals surface area (Å²) in [5, 5.41) is 4.06. The van der Waals surface area contributed by atoms with Crippen LogP contribution in [-0.4, -0.2) is 14.2 Å². The Bertz CT molecular complexity index is 580. The number of nitrogens with one attached hydrogen (secondary N) is 1. The fourth-order valence-electron chi connectivity index (χ4n) is 2.34. The van der Waals surface area contributed by atoms with Gasteiger partial charge in [0.25, 0.3) is 0 Å². The molecule has 4 heteroatoms. The van der Waals surface area contributed by atoms with Gasteiger partial charge in [-0.05, 0) is 44.7 Å². The van der Waals surface area contributed by atoms with Crippen LogP contribution in [0.25, 0.3) is 0 Å². The molecule has 2 rings (SSSR count). The van der Waals surface area contributed by atoms with Gasteiger partial charge in [0, 0.05) is 20.3 Å². The second-order valence-corrected chi connectivity index (χ2v) is 6.37. The van der Waals surface area contributed by atoms with Crippen LogP contribution in [0.3, 0.4) is 0 Å². The van der Waals surface area contributed by atoms with Gasteiger partial charge in [0.2, 0.25) is 0 Å². The lowest BCUT2D eigenvalue weighted by Gasteiger charge is -2.20. The van der Waals surface area contributed by atoms with E-state index in [2.05, 4.69) is 25.2 Å². The average molecular weight is 296 g/mol. The van der Waals surface area contributed by atoms with Gasteiger partial charge in [-0.2, -0.15) is 0 Å². The molecule has 1 unspecified atom stereocenters. The molecule has 102 valence electrons. The summed E-state index contributed by atoms with van der Waals surface area (Å²) in [6, 6.07) is 8.13. The lowest BCUT2D eigenvalue weighted by atomic mass is 9.98. The van der Waals surface area contributed by atoms with Crippen LogP contribution in [0.1, 0.15) is 26.9 Å². The maximum atomic E-state index is 6.03. The van der Waals surface area contributed by atoms with Gasteiger partial charge in [-0.1, -0.05) is 17.7 Å². The van der Waals surface area contributed by atoms with Crippen LogP contribution in [0, 0.1) is 13.8 Å². The molecule has 0 aliphatic rings. The van der Waals surface area contributed by atoms with Crippen LogP contribution >= 0.6 is 22.9 Å². The summed E-state index contributed by atoms with van der Waals surface area (Å²) in [5.74, 6) is 0.815. The van der Waals surface area contributed by atoms with Gasteiger partial charge < -0.3 is 10.1 Å². The molecule has 0 bridgehead atoms. The van der Waals surface area contributed by atoms with Crippen molar-refractivity contribution in [3.63, 3.8) is 0 Å². The van der Waals surface area contributed by atoms with Crippen molar-refractivity contribution in [2.24, 2.45) is 0 Å². The summed E-state index contributed by atoms with van der Waals surface area (Å²) >= 11 is 7.84. The Hall–Kier alpha value is -1.03. The van der Waals surface area contributed by atoms with Gasteiger partial charge >= 0.3 is 0 Å². The van der Waals surface area contributed by atoms with Crippen LogP contribution in [0.5, 0.6) is 5.75 Å². The molecule has 0 fully saturated rings. The molecule has 2 aromatic rings. The summed E-state index contributed by atoms with van der Waals surface area (Å²) in [7, 11) is 3.64. The Balaban J connectivity index is 2.50. The van der Waals surface area contributed by atoms with E-state index in [0.717, 1.165) is 11.3 Å². The molecular weight excluding hydrogens is 278 g/mol. The molecule has 0 aliphatic heterocycles. The molecule has 0 saturated heterocycles. The van der Waals surface area contributed by atoms with Crippen molar-refractivity contribution < 1.29 is 4.74 Å². The molecule has 19 heavy (non-hydrogen) atoms. The number of halogens is 1. The Labute approximate surface area is 123 Å². The van der Waals surface area contributed by atoms with Crippen molar-refractivity contribution in [1.82, 2.24) is 5.32 Å². The van der Waals surface area contributed by atoms with Crippen LogP contribution < -0.4 is 10.1 Å². The van der Waals surface area contributed by atoms with E-state index in [4.69, 9.17) is 16.3 Å². The lowest BCUT2D eigenvalue weighted by molar-refractivity contribution is 0.405. The maximum absolute atomic E-state index is 6.03. The number of hydrogen-bond donors (Lipinski definition) is 1.